The minimum absolute atomic E-state index is 0.798. The molecule has 0 fully saturated rings. The second-order valence-electron chi connectivity index (χ2n) is 4.99. The molecule has 1 N–H and O–H groups in total. The molecular formula is C16H22N4. The number of pyridine rings is 1. The highest BCUT2D eigenvalue weighted by molar-refractivity contribution is 5.59. The Labute approximate surface area is 120 Å². The van der Waals surface area contributed by atoms with Crippen molar-refractivity contribution in [2.75, 3.05) is 13.1 Å². The van der Waals surface area contributed by atoms with E-state index in [4.69, 9.17) is 0 Å². The third kappa shape index (κ3) is 3.20. The van der Waals surface area contributed by atoms with Gasteiger partial charge in [-0.05, 0) is 57.5 Å². The normalized spacial score (nSPS) is 10.8. The molecule has 0 atom stereocenters. The van der Waals surface area contributed by atoms with Gasteiger partial charge < -0.3 is 5.32 Å². The molecule has 0 aliphatic heterocycles. The van der Waals surface area contributed by atoms with E-state index >= 15 is 0 Å². The zero-order valence-corrected chi connectivity index (χ0v) is 12.7. The fourth-order valence-electron chi connectivity index (χ4n) is 2.34. The molecular weight excluding hydrogens is 248 g/mol. The zero-order valence-electron chi connectivity index (χ0n) is 12.7. The first-order chi connectivity index (χ1) is 9.63. The third-order valence-corrected chi connectivity index (χ3v) is 3.48. The van der Waals surface area contributed by atoms with Gasteiger partial charge in [0.25, 0.3) is 0 Å². The van der Waals surface area contributed by atoms with Gasteiger partial charge >= 0.3 is 0 Å². The number of hydrogen-bond donors (Lipinski definition) is 1. The van der Waals surface area contributed by atoms with E-state index in [1.807, 2.05) is 19.2 Å². The first-order valence-corrected chi connectivity index (χ1v) is 7.09. The van der Waals surface area contributed by atoms with E-state index in [1.165, 1.54) is 5.56 Å². The summed E-state index contributed by atoms with van der Waals surface area (Å²) in [6.07, 6.45) is 4.61. The molecule has 0 unspecified atom stereocenters. The Balaban J connectivity index is 2.33. The van der Waals surface area contributed by atoms with Gasteiger partial charge in [-0.2, -0.15) is 0 Å². The highest BCUT2D eigenvalue weighted by Gasteiger charge is 2.11. The number of nitrogens with zero attached hydrogens (tertiary/aromatic N) is 3. The van der Waals surface area contributed by atoms with Crippen molar-refractivity contribution < 1.29 is 0 Å². The van der Waals surface area contributed by atoms with Crippen LogP contribution in [-0.2, 0) is 6.42 Å². The molecule has 106 valence electrons. The van der Waals surface area contributed by atoms with Crippen LogP contribution in [0, 0.1) is 20.8 Å². The first-order valence-electron chi connectivity index (χ1n) is 7.09. The molecule has 0 radical (unpaired) electrons. The standard InChI is InChI=1S/C16H22N4/c1-5-17-8-7-15-12(3)19-16(20-13(15)4)14-6-9-18-10-11(14)2/h6,9-10,17H,5,7-8H2,1-4H3. The number of aryl methyl sites for hydroxylation is 3. The van der Waals surface area contributed by atoms with Gasteiger partial charge in [0.15, 0.2) is 5.82 Å². The van der Waals surface area contributed by atoms with Gasteiger partial charge in [0.2, 0.25) is 0 Å². The molecule has 2 aromatic heterocycles. The molecule has 4 heteroatoms. The maximum Gasteiger partial charge on any atom is 0.160 e. The van der Waals surface area contributed by atoms with Gasteiger partial charge in [0.1, 0.15) is 0 Å². The van der Waals surface area contributed by atoms with Gasteiger partial charge in [-0.15, -0.1) is 0 Å². The lowest BCUT2D eigenvalue weighted by molar-refractivity contribution is 0.708. The van der Waals surface area contributed by atoms with Crippen LogP contribution in [-0.4, -0.2) is 28.0 Å². The molecule has 0 spiro atoms. The number of hydrogen-bond acceptors (Lipinski definition) is 4. The van der Waals surface area contributed by atoms with Crippen LogP contribution in [0.15, 0.2) is 18.5 Å². The van der Waals surface area contributed by atoms with Crippen molar-refractivity contribution in [3.05, 3.63) is 41.0 Å². The van der Waals surface area contributed by atoms with Crippen LogP contribution >= 0.6 is 0 Å². The molecule has 0 aromatic carbocycles. The van der Waals surface area contributed by atoms with Crippen LogP contribution in [0.1, 0.15) is 29.4 Å². The summed E-state index contributed by atoms with van der Waals surface area (Å²) in [5, 5.41) is 3.34. The maximum absolute atomic E-state index is 4.68. The molecule has 20 heavy (non-hydrogen) atoms. The SMILES string of the molecule is CCNCCc1c(C)nc(-c2ccncc2C)nc1C. The second kappa shape index (κ2) is 6.57. The molecule has 4 nitrogen and oxygen atoms in total. The van der Waals surface area contributed by atoms with Crippen LogP contribution in [0.4, 0.5) is 0 Å². The van der Waals surface area contributed by atoms with Crippen molar-refractivity contribution >= 4 is 0 Å². The minimum atomic E-state index is 0.798. The average Bonchev–Trinajstić information content (AvgIpc) is 2.42. The van der Waals surface area contributed by atoms with Crippen molar-refractivity contribution in [2.24, 2.45) is 0 Å². The molecule has 0 bridgehead atoms. The molecule has 0 aliphatic rings. The minimum Gasteiger partial charge on any atom is -0.317 e. The summed E-state index contributed by atoms with van der Waals surface area (Å²) >= 11 is 0. The van der Waals surface area contributed by atoms with Gasteiger partial charge in [-0.1, -0.05) is 6.92 Å². The summed E-state index contributed by atoms with van der Waals surface area (Å²) in [6, 6.07) is 1.97. The van der Waals surface area contributed by atoms with E-state index in [0.29, 0.717) is 0 Å². The predicted octanol–water partition coefficient (Wildman–Crippen LogP) is 2.62. The molecule has 2 aromatic rings. The Morgan fingerprint density at radius 2 is 1.80 bits per heavy atom. The summed E-state index contributed by atoms with van der Waals surface area (Å²) in [5.74, 6) is 0.798. The third-order valence-electron chi connectivity index (χ3n) is 3.48. The lowest BCUT2D eigenvalue weighted by Crippen LogP contribution is -2.17. The van der Waals surface area contributed by atoms with Crippen LogP contribution in [0.25, 0.3) is 11.4 Å². The topological polar surface area (TPSA) is 50.7 Å². The van der Waals surface area contributed by atoms with Gasteiger partial charge in [-0.25, -0.2) is 9.97 Å². The maximum atomic E-state index is 4.68. The van der Waals surface area contributed by atoms with Crippen LogP contribution in [0.5, 0.6) is 0 Å². The van der Waals surface area contributed by atoms with Crippen molar-refractivity contribution in [1.29, 1.82) is 0 Å². The second-order valence-corrected chi connectivity index (χ2v) is 4.99. The largest absolute Gasteiger partial charge is 0.317 e. The zero-order chi connectivity index (χ0) is 14.5. The van der Waals surface area contributed by atoms with Gasteiger partial charge in [0, 0.05) is 29.3 Å². The number of rotatable bonds is 5. The molecule has 0 amide bonds. The number of aromatic nitrogens is 3. The lowest BCUT2D eigenvalue weighted by Gasteiger charge is -2.12. The van der Waals surface area contributed by atoms with E-state index in [0.717, 1.165) is 47.8 Å². The summed E-state index contributed by atoms with van der Waals surface area (Å²) in [6.45, 7) is 10.2. The predicted molar refractivity (Wildman–Crippen MR) is 81.7 cm³/mol. The highest BCUT2D eigenvalue weighted by atomic mass is 14.9. The number of likely N-dealkylation sites (N-methyl/N-ethyl adjacent to an activating group) is 1. The Bertz CT molecular complexity index is 570. The molecule has 2 rings (SSSR count). The molecule has 2 heterocycles. The van der Waals surface area contributed by atoms with E-state index in [-0.39, 0.29) is 0 Å². The van der Waals surface area contributed by atoms with Crippen LogP contribution in [0.2, 0.25) is 0 Å². The lowest BCUT2D eigenvalue weighted by atomic mass is 10.1. The molecule has 0 saturated heterocycles. The smallest absolute Gasteiger partial charge is 0.160 e. The Hall–Kier alpha value is -1.81. The summed E-state index contributed by atoms with van der Waals surface area (Å²) < 4.78 is 0. The van der Waals surface area contributed by atoms with Crippen LogP contribution < -0.4 is 5.32 Å². The van der Waals surface area contributed by atoms with E-state index < -0.39 is 0 Å². The van der Waals surface area contributed by atoms with Crippen molar-refractivity contribution in [1.82, 2.24) is 20.3 Å². The summed E-state index contributed by atoms with van der Waals surface area (Å²) in [7, 11) is 0. The fourth-order valence-corrected chi connectivity index (χ4v) is 2.34. The van der Waals surface area contributed by atoms with Crippen LogP contribution in [0.3, 0.4) is 0 Å². The van der Waals surface area contributed by atoms with E-state index in [1.54, 1.807) is 6.20 Å². The Morgan fingerprint density at radius 1 is 1.10 bits per heavy atom. The summed E-state index contributed by atoms with van der Waals surface area (Å²) in [5.41, 5.74) is 5.56. The molecule has 0 saturated carbocycles. The number of nitrogens with one attached hydrogen (secondary N) is 1. The van der Waals surface area contributed by atoms with Gasteiger partial charge in [-0.3, -0.25) is 4.98 Å². The first kappa shape index (κ1) is 14.6. The van der Waals surface area contributed by atoms with Gasteiger partial charge in [0.05, 0.1) is 0 Å². The summed E-state index contributed by atoms with van der Waals surface area (Å²) in [4.78, 5) is 13.5. The Kier molecular flexibility index (Phi) is 4.79. The molecule has 0 aliphatic carbocycles. The van der Waals surface area contributed by atoms with Crippen molar-refractivity contribution in [2.45, 2.75) is 34.1 Å². The van der Waals surface area contributed by atoms with E-state index in [9.17, 15) is 0 Å². The Morgan fingerprint density at radius 3 is 2.40 bits per heavy atom. The van der Waals surface area contributed by atoms with Crippen molar-refractivity contribution in [3.63, 3.8) is 0 Å². The van der Waals surface area contributed by atoms with Crippen molar-refractivity contribution in [3.8, 4) is 11.4 Å². The monoisotopic (exact) mass is 270 g/mol. The highest BCUT2D eigenvalue weighted by Crippen LogP contribution is 2.21. The average molecular weight is 270 g/mol. The van der Waals surface area contributed by atoms with E-state index in [2.05, 4.69) is 41.0 Å². The quantitative estimate of drug-likeness (QED) is 0.849. The fraction of sp³-hybridized carbons (Fsp3) is 0.438.